The van der Waals surface area contributed by atoms with Crippen LogP contribution in [0.15, 0.2) is 84.9 Å². The Hall–Kier alpha value is -3.77. The Bertz CT molecular complexity index is 1370. The van der Waals surface area contributed by atoms with Crippen LogP contribution in [0.4, 0.5) is 5.69 Å². The average molecular weight is 478 g/mol. The zero-order chi connectivity index (χ0) is 24.4. The number of benzene rings is 3. The lowest BCUT2D eigenvalue weighted by atomic mass is 9.75. The van der Waals surface area contributed by atoms with E-state index in [9.17, 15) is 14.4 Å². The van der Waals surface area contributed by atoms with Crippen molar-refractivity contribution >= 4 is 23.4 Å². The van der Waals surface area contributed by atoms with Gasteiger partial charge in [0.05, 0.1) is 24.9 Å². The summed E-state index contributed by atoms with van der Waals surface area (Å²) in [6, 6.07) is 27.3. The predicted molar refractivity (Wildman–Crippen MR) is 134 cm³/mol. The molecule has 180 valence electrons. The van der Waals surface area contributed by atoms with Crippen molar-refractivity contribution in [1.29, 1.82) is 0 Å². The number of likely N-dealkylation sites (tertiary alicyclic amines) is 1. The maximum atomic E-state index is 14.6. The number of carbonyl (C=O) groups excluding carboxylic acids is 3. The van der Waals surface area contributed by atoms with E-state index in [4.69, 9.17) is 0 Å². The third kappa shape index (κ3) is 2.73. The van der Waals surface area contributed by atoms with Crippen LogP contribution in [0.1, 0.15) is 29.5 Å². The van der Waals surface area contributed by atoms with E-state index in [1.165, 1.54) is 4.90 Å². The van der Waals surface area contributed by atoms with Crippen LogP contribution < -0.4 is 4.90 Å². The molecule has 6 heteroatoms. The molecule has 3 fully saturated rings. The Balaban J connectivity index is 1.36. The van der Waals surface area contributed by atoms with Crippen molar-refractivity contribution in [1.82, 2.24) is 9.80 Å². The summed E-state index contributed by atoms with van der Waals surface area (Å²) in [4.78, 5) is 48.0. The molecule has 3 amide bonds. The molecular weight excluding hydrogens is 450 g/mol. The summed E-state index contributed by atoms with van der Waals surface area (Å²) in [6.07, 6.45) is 1.75. The summed E-state index contributed by atoms with van der Waals surface area (Å²) in [7, 11) is 0. The second kappa shape index (κ2) is 7.87. The van der Waals surface area contributed by atoms with E-state index in [0.717, 1.165) is 41.8 Å². The van der Waals surface area contributed by atoms with Crippen molar-refractivity contribution in [3.05, 3.63) is 102 Å². The third-order valence-corrected chi connectivity index (χ3v) is 8.60. The van der Waals surface area contributed by atoms with Crippen LogP contribution in [0.5, 0.6) is 0 Å². The Kier molecular flexibility index (Phi) is 4.70. The van der Waals surface area contributed by atoms with Crippen LogP contribution in [0.2, 0.25) is 0 Å². The predicted octanol–water partition coefficient (Wildman–Crippen LogP) is 3.71. The molecule has 36 heavy (non-hydrogen) atoms. The molecule has 6 nitrogen and oxygen atoms in total. The van der Waals surface area contributed by atoms with Crippen LogP contribution in [0, 0.1) is 11.8 Å². The molecule has 0 N–H and O–H groups in total. The fourth-order valence-electron chi connectivity index (χ4n) is 7.24. The molecule has 0 aliphatic carbocycles. The highest BCUT2D eigenvalue weighted by Crippen LogP contribution is 2.61. The van der Waals surface area contributed by atoms with Crippen molar-refractivity contribution in [2.75, 3.05) is 11.4 Å². The second-order valence-corrected chi connectivity index (χ2v) is 10.3. The van der Waals surface area contributed by atoms with E-state index in [1.54, 1.807) is 0 Å². The molecule has 4 heterocycles. The first-order chi connectivity index (χ1) is 17.6. The van der Waals surface area contributed by atoms with Gasteiger partial charge in [0.15, 0.2) is 0 Å². The third-order valence-electron chi connectivity index (χ3n) is 8.60. The largest absolute Gasteiger partial charge is 0.306 e. The minimum absolute atomic E-state index is 0.0744. The van der Waals surface area contributed by atoms with Gasteiger partial charge in [-0.15, -0.1) is 0 Å². The van der Waals surface area contributed by atoms with Gasteiger partial charge in [-0.2, -0.15) is 0 Å². The molecule has 4 aliphatic rings. The minimum atomic E-state index is -1.13. The molecule has 7 rings (SSSR count). The Morgan fingerprint density at radius 3 is 2.03 bits per heavy atom. The maximum Gasteiger partial charge on any atom is 0.253 e. The summed E-state index contributed by atoms with van der Waals surface area (Å²) >= 11 is 0. The van der Waals surface area contributed by atoms with E-state index in [0.29, 0.717) is 6.54 Å². The van der Waals surface area contributed by atoms with E-state index >= 15 is 0 Å². The summed E-state index contributed by atoms with van der Waals surface area (Å²) in [5, 5.41) is 0. The van der Waals surface area contributed by atoms with Crippen LogP contribution in [-0.2, 0) is 33.0 Å². The normalized spacial score (nSPS) is 28.8. The van der Waals surface area contributed by atoms with Crippen molar-refractivity contribution in [2.45, 2.75) is 37.5 Å². The fourth-order valence-corrected chi connectivity index (χ4v) is 7.24. The molecule has 4 atom stereocenters. The number of rotatable bonds is 4. The summed E-state index contributed by atoms with van der Waals surface area (Å²) in [5.41, 5.74) is 2.53. The first kappa shape index (κ1) is 21.5. The van der Waals surface area contributed by atoms with E-state index < -0.39 is 17.4 Å². The van der Waals surface area contributed by atoms with Crippen molar-refractivity contribution in [2.24, 2.45) is 11.8 Å². The maximum absolute atomic E-state index is 14.6. The number of hydrogen-bond donors (Lipinski definition) is 0. The number of fused-ring (bicyclic) bond motifs is 7. The van der Waals surface area contributed by atoms with Gasteiger partial charge < -0.3 is 4.90 Å². The van der Waals surface area contributed by atoms with Gasteiger partial charge in [0, 0.05) is 17.3 Å². The number of hydrogen-bond acceptors (Lipinski definition) is 4. The Morgan fingerprint density at radius 2 is 1.33 bits per heavy atom. The van der Waals surface area contributed by atoms with Gasteiger partial charge >= 0.3 is 0 Å². The lowest BCUT2D eigenvalue weighted by Gasteiger charge is -2.37. The summed E-state index contributed by atoms with van der Waals surface area (Å²) in [5.74, 6) is -1.61. The molecule has 0 saturated carbocycles. The quantitative estimate of drug-likeness (QED) is 0.538. The van der Waals surface area contributed by atoms with E-state index in [1.807, 2.05) is 89.8 Å². The van der Waals surface area contributed by atoms with Crippen LogP contribution in [0.3, 0.4) is 0 Å². The number of nitrogens with zero attached hydrogens (tertiary/aromatic N) is 3. The standard InChI is InChI=1S/C30H27N3O3/c34-27-25-24-16-9-17-33(24)30(26(25)28(35)32(27)19-21-12-5-2-6-13-21)22-14-7-8-15-23(22)31(29(30)36)18-20-10-3-1-4-11-20/h1-8,10-15,24-26H,9,16-19H2/t24-,25-,26+,30+/m1/s1. The van der Waals surface area contributed by atoms with Crippen molar-refractivity contribution in [3.63, 3.8) is 0 Å². The molecule has 3 aromatic rings. The number of anilines is 1. The van der Waals surface area contributed by atoms with Crippen molar-refractivity contribution in [3.8, 4) is 0 Å². The monoisotopic (exact) mass is 477 g/mol. The van der Waals surface area contributed by atoms with Gasteiger partial charge in [-0.3, -0.25) is 24.2 Å². The van der Waals surface area contributed by atoms with Gasteiger partial charge in [-0.1, -0.05) is 78.9 Å². The molecule has 0 unspecified atom stereocenters. The van der Waals surface area contributed by atoms with Crippen LogP contribution in [-0.4, -0.2) is 40.1 Å². The summed E-state index contributed by atoms with van der Waals surface area (Å²) in [6.45, 7) is 1.40. The fraction of sp³-hybridized carbons (Fsp3) is 0.300. The zero-order valence-corrected chi connectivity index (χ0v) is 19.9. The first-order valence-electron chi connectivity index (χ1n) is 12.7. The number of para-hydroxylation sites is 1. The van der Waals surface area contributed by atoms with Crippen LogP contribution in [0.25, 0.3) is 0 Å². The van der Waals surface area contributed by atoms with E-state index in [2.05, 4.69) is 4.90 Å². The lowest BCUT2D eigenvalue weighted by Crippen LogP contribution is -2.55. The number of carbonyl (C=O) groups is 3. The molecule has 0 radical (unpaired) electrons. The molecular formula is C30H27N3O3. The molecule has 0 bridgehead atoms. The van der Waals surface area contributed by atoms with E-state index in [-0.39, 0.29) is 30.3 Å². The SMILES string of the molecule is O=C1[C@@H]2[C@H]3CCCN3[C@]3(C(=O)N(Cc4ccccc4)c4ccccc43)[C@@H]2C(=O)N1Cc1ccccc1. The first-order valence-corrected chi connectivity index (χ1v) is 12.7. The topological polar surface area (TPSA) is 60.9 Å². The zero-order valence-electron chi connectivity index (χ0n) is 19.9. The van der Waals surface area contributed by atoms with Crippen molar-refractivity contribution < 1.29 is 14.4 Å². The molecule has 3 aromatic carbocycles. The highest BCUT2D eigenvalue weighted by Gasteiger charge is 2.75. The van der Waals surface area contributed by atoms with Crippen LogP contribution >= 0.6 is 0 Å². The summed E-state index contributed by atoms with van der Waals surface area (Å²) < 4.78 is 0. The molecule has 4 aliphatic heterocycles. The lowest BCUT2D eigenvalue weighted by molar-refractivity contribution is -0.146. The smallest absolute Gasteiger partial charge is 0.253 e. The number of imide groups is 1. The Morgan fingerprint density at radius 1 is 0.722 bits per heavy atom. The Labute approximate surface area is 210 Å². The molecule has 1 spiro atoms. The average Bonchev–Trinajstić information content (AvgIpc) is 3.61. The van der Waals surface area contributed by atoms with Gasteiger partial charge in [0.1, 0.15) is 5.54 Å². The highest BCUT2D eigenvalue weighted by atomic mass is 16.2. The second-order valence-electron chi connectivity index (χ2n) is 10.3. The van der Waals surface area contributed by atoms with Gasteiger partial charge in [0.25, 0.3) is 5.91 Å². The molecule has 3 saturated heterocycles. The number of amides is 3. The molecule has 0 aromatic heterocycles. The minimum Gasteiger partial charge on any atom is -0.306 e. The van der Waals surface area contributed by atoms with Gasteiger partial charge in [0.2, 0.25) is 11.8 Å². The van der Waals surface area contributed by atoms with Gasteiger partial charge in [-0.05, 0) is 36.6 Å². The highest BCUT2D eigenvalue weighted by molar-refractivity contribution is 6.16. The van der Waals surface area contributed by atoms with Gasteiger partial charge in [-0.25, -0.2) is 0 Å².